The van der Waals surface area contributed by atoms with Gasteiger partial charge in [0.1, 0.15) is 0 Å². The van der Waals surface area contributed by atoms with Gasteiger partial charge in [-0.15, -0.1) is 0 Å². The third kappa shape index (κ3) is 3.69. The highest BCUT2D eigenvalue weighted by Gasteiger charge is 2.32. The first-order chi connectivity index (χ1) is 8.70. The zero-order chi connectivity index (χ0) is 13.0. The Bertz CT molecular complexity index is 237. The highest BCUT2D eigenvalue weighted by molar-refractivity contribution is 4.88. The van der Waals surface area contributed by atoms with Gasteiger partial charge in [-0.3, -0.25) is 4.90 Å². The Morgan fingerprint density at radius 1 is 0.944 bits per heavy atom. The molecule has 1 saturated carbocycles. The van der Waals surface area contributed by atoms with Gasteiger partial charge in [0.05, 0.1) is 12.2 Å². The van der Waals surface area contributed by atoms with Gasteiger partial charge in [-0.05, 0) is 33.7 Å². The van der Waals surface area contributed by atoms with E-state index in [1.54, 1.807) is 0 Å². The monoisotopic (exact) mass is 254 g/mol. The second-order valence-corrected chi connectivity index (χ2v) is 6.17. The third-order valence-corrected chi connectivity index (χ3v) is 4.52. The number of morpholine rings is 1. The molecule has 1 heterocycles. The van der Waals surface area contributed by atoms with Crippen molar-refractivity contribution >= 4 is 0 Å². The lowest BCUT2D eigenvalue weighted by Crippen LogP contribution is -2.56. The van der Waals surface area contributed by atoms with Crippen molar-refractivity contribution in [2.24, 2.45) is 0 Å². The van der Waals surface area contributed by atoms with E-state index in [1.165, 1.54) is 38.5 Å². The van der Waals surface area contributed by atoms with Crippen LogP contribution < -0.4 is 5.32 Å². The molecule has 0 spiro atoms. The molecule has 3 heteroatoms. The molecule has 1 aliphatic heterocycles. The van der Waals surface area contributed by atoms with Crippen molar-refractivity contribution in [3.8, 4) is 0 Å². The predicted molar refractivity (Wildman–Crippen MR) is 75.9 cm³/mol. The Morgan fingerprint density at radius 3 is 2.17 bits per heavy atom. The predicted octanol–water partition coefficient (Wildman–Crippen LogP) is 2.41. The van der Waals surface area contributed by atoms with Crippen LogP contribution in [-0.4, -0.2) is 49.3 Å². The summed E-state index contributed by atoms with van der Waals surface area (Å²) in [6.07, 6.45) is 9.07. The fourth-order valence-corrected chi connectivity index (χ4v) is 3.73. The van der Waals surface area contributed by atoms with Crippen LogP contribution in [0.5, 0.6) is 0 Å². The first-order valence-corrected chi connectivity index (χ1v) is 7.77. The van der Waals surface area contributed by atoms with Crippen molar-refractivity contribution in [2.75, 3.05) is 20.1 Å². The third-order valence-electron chi connectivity index (χ3n) is 4.52. The molecule has 2 rings (SSSR count). The Morgan fingerprint density at radius 2 is 1.56 bits per heavy atom. The molecule has 4 unspecified atom stereocenters. The van der Waals surface area contributed by atoms with E-state index >= 15 is 0 Å². The van der Waals surface area contributed by atoms with Gasteiger partial charge in [-0.25, -0.2) is 0 Å². The average Bonchev–Trinajstić information content (AvgIpc) is 2.27. The number of rotatable bonds is 2. The zero-order valence-corrected chi connectivity index (χ0v) is 12.3. The summed E-state index contributed by atoms with van der Waals surface area (Å²) in [7, 11) is 2.13. The van der Waals surface area contributed by atoms with E-state index < -0.39 is 0 Å². The fourth-order valence-electron chi connectivity index (χ4n) is 3.73. The molecule has 0 aromatic rings. The molecule has 4 atom stereocenters. The first kappa shape index (κ1) is 14.3. The molecule has 1 N–H and O–H groups in total. The van der Waals surface area contributed by atoms with E-state index in [0.717, 1.165) is 13.1 Å². The van der Waals surface area contributed by atoms with Crippen LogP contribution in [0.4, 0.5) is 0 Å². The Hall–Kier alpha value is -0.120. The molecule has 0 amide bonds. The topological polar surface area (TPSA) is 24.5 Å². The highest BCUT2D eigenvalue weighted by Crippen LogP contribution is 2.24. The number of hydrogen-bond donors (Lipinski definition) is 1. The minimum atomic E-state index is 0.386. The maximum atomic E-state index is 5.87. The van der Waals surface area contributed by atoms with Gasteiger partial charge in [0.25, 0.3) is 0 Å². The average molecular weight is 254 g/mol. The van der Waals surface area contributed by atoms with Gasteiger partial charge in [0.15, 0.2) is 0 Å². The number of nitrogens with one attached hydrogen (secondary N) is 1. The largest absolute Gasteiger partial charge is 0.373 e. The fraction of sp³-hybridized carbons (Fsp3) is 1.00. The van der Waals surface area contributed by atoms with E-state index in [2.05, 4.69) is 31.1 Å². The molecular weight excluding hydrogens is 224 g/mol. The summed E-state index contributed by atoms with van der Waals surface area (Å²) in [4.78, 5) is 2.69. The van der Waals surface area contributed by atoms with Gasteiger partial charge in [-0.2, -0.15) is 0 Å². The van der Waals surface area contributed by atoms with E-state index in [4.69, 9.17) is 4.74 Å². The van der Waals surface area contributed by atoms with Crippen molar-refractivity contribution in [2.45, 2.75) is 76.7 Å². The summed E-state index contributed by atoms with van der Waals surface area (Å²) in [5.41, 5.74) is 0. The van der Waals surface area contributed by atoms with Gasteiger partial charge in [0, 0.05) is 25.2 Å². The second-order valence-electron chi connectivity index (χ2n) is 6.17. The molecule has 3 nitrogen and oxygen atoms in total. The quantitative estimate of drug-likeness (QED) is 0.819. The number of nitrogens with zero attached hydrogens (tertiary/aromatic N) is 1. The Balaban J connectivity index is 2.01. The van der Waals surface area contributed by atoms with Crippen LogP contribution in [0.2, 0.25) is 0 Å². The lowest BCUT2D eigenvalue weighted by Gasteiger charge is -2.44. The maximum Gasteiger partial charge on any atom is 0.0678 e. The maximum absolute atomic E-state index is 5.87. The minimum Gasteiger partial charge on any atom is -0.373 e. The molecule has 0 bridgehead atoms. The molecular formula is C15H30N2O. The summed E-state index contributed by atoms with van der Waals surface area (Å²) in [5, 5.41) is 3.57. The van der Waals surface area contributed by atoms with E-state index in [9.17, 15) is 0 Å². The van der Waals surface area contributed by atoms with Crippen LogP contribution in [0, 0.1) is 0 Å². The van der Waals surface area contributed by atoms with Crippen LogP contribution in [0.3, 0.4) is 0 Å². The lowest BCUT2D eigenvalue weighted by molar-refractivity contribution is -0.0860. The van der Waals surface area contributed by atoms with Gasteiger partial charge in [0.2, 0.25) is 0 Å². The first-order valence-electron chi connectivity index (χ1n) is 7.77. The molecule has 1 aliphatic carbocycles. The van der Waals surface area contributed by atoms with Gasteiger partial charge >= 0.3 is 0 Å². The number of hydrogen-bond acceptors (Lipinski definition) is 3. The van der Waals surface area contributed by atoms with E-state index in [-0.39, 0.29) is 0 Å². The summed E-state index contributed by atoms with van der Waals surface area (Å²) in [6.45, 7) is 6.63. The highest BCUT2D eigenvalue weighted by atomic mass is 16.5. The molecule has 0 radical (unpaired) electrons. The normalized spacial score (nSPS) is 40.2. The smallest absolute Gasteiger partial charge is 0.0678 e. The van der Waals surface area contributed by atoms with Crippen LogP contribution >= 0.6 is 0 Å². The zero-order valence-electron chi connectivity index (χ0n) is 12.3. The SMILES string of the molecule is CNC1CCCCCCC1N1CC(C)OC(C)C1. The molecule has 1 saturated heterocycles. The number of likely N-dealkylation sites (N-methyl/N-ethyl adjacent to an activating group) is 1. The molecule has 106 valence electrons. The van der Waals surface area contributed by atoms with Crippen LogP contribution in [0.15, 0.2) is 0 Å². The summed E-state index contributed by atoms with van der Waals surface area (Å²) in [5.74, 6) is 0. The van der Waals surface area contributed by atoms with Crippen molar-refractivity contribution in [3.05, 3.63) is 0 Å². The molecule has 0 aromatic heterocycles. The van der Waals surface area contributed by atoms with Crippen LogP contribution in [0.25, 0.3) is 0 Å². The van der Waals surface area contributed by atoms with E-state index in [1.807, 2.05) is 0 Å². The van der Waals surface area contributed by atoms with Crippen LogP contribution in [0.1, 0.15) is 52.4 Å². The van der Waals surface area contributed by atoms with Gasteiger partial charge in [-0.1, -0.05) is 25.7 Å². The number of ether oxygens (including phenoxy) is 1. The second kappa shape index (κ2) is 6.88. The molecule has 0 aromatic carbocycles. The van der Waals surface area contributed by atoms with Crippen molar-refractivity contribution in [3.63, 3.8) is 0 Å². The molecule has 2 fully saturated rings. The summed E-state index contributed by atoms with van der Waals surface area (Å²) >= 11 is 0. The standard InChI is InChI=1S/C15H30N2O/c1-12-10-17(11-13(2)18-12)15-9-7-5-4-6-8-14(15)16-3/h12-16H,4-11H2,1-3H3. The van der Waals surface area contributed by atoms with Gasteiger partial charge < -0.3 is 10.1 Å². The molecule has 18 heavy (non-hydrogen) atoms. The van der Waals surface area contributed by atoms with Crippen molar-refractivity contribution < 1.29 is 4.74 Å². The Labute approximate surface area is 112 Å². The van der Waals surface area contributed by atoms with Crippen molar-refractivity contribution in [1.82, 2.24) is 10.2 Å². The lowest BCUT2D eigenvalue weighted by atomic mass is 9.90. The molecule has 2 aliphatic rings. The van der Waals surface area contributed by atoms with Crippen LogP contribution in [-0.2, 0) is 4.74 Å². The summed E-state index contributed by atoms with van der Waals surface area (Å²) < 4.78 is 5.87. The minimum absolute atomic E-state index is 0.386. The summed E-state index contributed by atoms with van der Waals surface area (Å²) in [6, 6.07) is 1.38. The van der Waals surface area contributed by atoms with Crippen molar-refractivity contribution in [1.29, 1.82) is 0 Å². The van der Waals surface area contributed by atoms with E-state index in [0.29, 0.717) is 24.3 Å². The Kier molecular flexibility index (Phi) is 5.46.